The lowest BCUT2D eigenvalue weighted by atomic mass is 10.2. The lowest BCUT2D eigenvalue weighted by Crippen LogP contribution is -2.49. The van der Waals surface area contributed by atoms with Crippen LogP contribution in [0.2, 0.25) is 0 Å². The van der Waals surface area contributed by atoms with Gasteiger partial charge in [-0.1, -0.05) is 0 Å². The van der Waals surface area contributed by atoms with Crippen molar-refractivity contribution in [3.8, 4) is 0 Å². The van der Waals surface area contributed by atoms with E-state index in [-0.39, 0.29) is 24.0 Å². The van der Waals surface area contributed by atoms with Crippen molar-refractivity contribution in [1.29, 1.82) is 0 Å². The Hall–Kier alpha value is 0.270. The third kappa shape index (κ3) is 5.57. The molecule has 7 heteroatoms. The molecule has 20 heavy (non-hydrogen) atoms. The van der Waals surface area contributed by atoms with Gasteiger partial charge in [-0.25, -0.2) is 0 Å². The van der Waals surface area contributed by atoms with Crippen LogP contribution in [-0.4, -0.2) is 91.1 Å². The summed E-state index contributed by atoms with van der Waals surface area (Å²) in [5.41, 5.74) is 6.09. The Labute approximate surface area is 144 Å². The lowest BCUT2D eigenvalue weighted by molar-refractivity contribution is 0.122. The van der Waals surface area contributed by atoms with Crippen molar-refractivity contribution in [3.05, 3.63) is 0 Å². The number of aliphatic imine (C=N–C) groups is 1. The van der Waals surface area contributed by atoms with E-state index < -0.39 is 0 Å². The van der Waals surface area contributed by atoms with Crippen LogP contribution in [0.3, 0.4) is 0 Å². The van der Waals surface area contributed by atoms with Gasteiger partial charge in [0.1, 0.15) is 0 Å². The number of likely N-dealkylation sites (N-methyl/N-ethyl adjacent to an activating group) is 1. The normalized spacial score (nSPS) is 24.3. The summed E-state index contributed by atoms with van der Waals surface area (Å²) in [6, 6.07) is 0.492. The van der Waals surface area contributed by atoms with E-state index in [4.69, 9.17) is 5.73 Å². The average molecular weight is 413 g/mol. The Morgan fingerprint density at radius 3 is 2.35 bits per heavy atom. The Morgan fingerprint density at radius 1 is 1.15 bits per heavy atom. The zero-order valence-corrected chi connectivity index (χ0v) is 15.8. The molecule has 0 aromatic rings. The summed E-state index contributed by atoms with van der Waals surface area (Å²) < 4.78 is 0. The first-order valence-electron chi connectivity index (χ1n) is 7.22. The standard InChI is InChI=1S/C13H27N5S.HI/c1-12(17-5-3-16(2)4-6-17)11-15-13(14)18-7-9-19-10-8-18;/h12H,3-11H2,1-2H3,(H2,14,15);1H. The zero-order chi connectivity index (χ0) is 13.7. The van der Waals surface area contributed by atoms with E-state index in [1.807, 2.05) is 11.8 Å². The molecule has 0 amide bonds. The summed E-state index contributed by atoms with van der Waals surface area (Å²) in [7, 11) is 2.19. The van der Waals surface area contributed by atoms with E-state index in [1.54, 1.807) is 0 Å². The van der Waals surface area contributed by atoms with Crippen molar-refractivity contribution in [2.45, 2.75) is 13.0 Å². The van der Waals surface area contributed by atoms with Gasteiger partial charge in [-0.2, -0.15) is 11.8 Å². The second kappa shape index (κ2) is 9.32. The van der Waals surface area contributed by atoms with Crippen LogP contribution in [0.4, 0.5) is 0 Å². The lowest BCUT2D eigenvalue weighted by Gasteiger charge is -2.36. The molecule has 2 N–H and O–H groups in total. The number of nitrogens with zero attached hydrogens (tertiary/aromatic N) is 4. The van der Waals surface area contributed by atoms with Crippen LogP contribution in [0.1, 0.15) is 6.92 Å². The highest BCUT2D eigenvalue weighted by Crippen LogP contribution is 2.09. The number of guanidine groups is 1. The van der Waals surface area contributed by atoms with Crippen molar-refractivity contribution in [1.82, 2.24) is 14.7 Å². The molecule has 0 aromatic carbocycles. The van der Waals surface area contributed by atoms with Crippen molar-refractivity contribution >= 4 is 41.7 Å². The maximum absolute atomic E-state index is 6.09. The van der Waals surface area contributed by atoms with Crippen molar-refractivity contribution in [3.63, 3.8) is 0 Å². The quantitative estimate of drug-likeness (QED) is 0.417. The fourth-order valence-electron chi connectivity index (χ4n) is 2.50. The van der Waals surface area contributed by atoms with E-state index in [9.17, 15) is 0 Å². The molecule has 0 saturated carbocycles. The molecule has 1 unspecified atom stereocenters. The van der Waals surface area contributed by atoms with Gasteiger partial charge in [0, 0.05) is 56.8 Å². The topological polar surface area (TPSA) is 48.1 Å². The van der Waals surface area contributed by atoms with Crippen LogP contribution < -0.4 is 5.73 Å². The van der Waals surface area contributed by atoms with Gasteiger partial charge in [-0.15, -0.1) is 24.0 Å². The fraction of sp³-hybridized carbons (Fsp3) is 0.923. The van der Waals surface area contributed by atoms with Crippen molar-refractivity contribution in [2.24, 2.45) is 10.7 Å². The third-order valence-electron chi connectivity index (χ3n) is 4.01. The Bertz CT molecular complexity index is 301. The minimum Gasteiger partial charge on any atom is -0.370 e. The molecule has 0 aromatic heterocycles. The molecule has 2 fully saturated rings. The van der Waals surface area contributed by atoms with E-state index in [0.717, 1.165) is 51.8 Å². The van der Waals surface area contributed by atoms with Gasteiger partial charge in [-0.3, -0.25) is 9.89 Å². The molecule has 0 radical (unpaired) electrons. The predicted octanol–water partition coefficient (Wildman–Crippen LogP) is 0.604. The van der Waals surface area contributed by atoms with E-state index in [0.29, 0.717) is 6.04 Å². The van der Waals surface area contributed by atoms with Crippen LogP contribution in [0.25, 0.3) is 0 Å². The molecule has 2 rings (SSSR count). The van der Waals surface area contributed by atoms with Crippen molar-refractivity contribution in [2.75, 3.05) is 64.4 Å². The number of hydrogen-bond donors (Lipinski definition) is 1. The first-order chi connectivity index (χ1) is 9.16. The Morgan fingerprint density at radius 2 is 1.75 bits per heavy atom. The SMILES string of the molecule is CC(CN=C(N)N1CCSCC1)N1CCN(C)CC1.I. The first-order valence-corrected chi connectivity index (χ1v) is 8.37. The minimum atomic E-state index is 0. The van der Waals surface area contributed by atoms with Crippen LogP contribution >= 0.6 is 35.7 Å². The largest absolute Gasteiger partial charge is 0.370 e. The summed E-state index contributed by atoms with van der Waals surface area (Å²) >= 11 is 2.00. The molecule has 118 valence electrons. The smallest absolute Gasteiger partial charge is 0.191 e. The predicted molar refractivity (Wildman–Crippen MR) is 99.3 cm³/mol. The van der Waals surface area contributed by atoms with Crippen LogP contribution in [-0.2, 0) is 0 Å². The van der Waals surface area contributed by atoms with Crippen LogP contribution in [0, 0.1) is 0 Å². The molecule has 0 aliphatic carbocycles. The molecule has 1 atom stereocenters. The summed E-state index contributed by atoms with van der Waals surface area (Å²) in [5, 5.41) is 0. The second-order valence-electron chi connectivity index (χ2n) is 5.49. The van der Waals surface area contributed by atoms with E-state index >= 15 is 0 Å². The van der Waals surface area contributed by atoms with E-state index in [1.165, 1.54) is 11.5 Å². The second-order valence-corrected chi connectivity index (χ2v) is 6.71. The van der Waals surface area contributed by atoms with Gasteiger partial charge < -0.3 is 15.5 Å². The molecule has 0 spiro atoms. The number of nitrogens with two attached hydrogens (primary N) is 1. The number of piperazine rings is 1. The highest BCUT2D eigenvalue weighted by atomic mass is 127. The summed E-state index contributed by atoms with van der Waals surface area (Å²) in [5.74, 6) is 3.08. The van der Waals surface area contributed by atoms with E-state index in [2.05, 4.69) is 33.7 Å². The number of hydrogen-bond acceptors (Lipinski definition) is 4. The zero-order valence-electron chi connectivity index (χ0n) is 12.6. The number of thioether (sulfide) groups is 1. The maximum atomic E-state index is 6.09. The van der Waals surface area contributed by atoms with Crippen LogP contribution in [0.5, 0.6) is 0 Å². The monoisotopic (exact) mass is 413 g/mol. The van der Waals surface area contributed by atoms with Gasteiger partial charge in [0.15, 0.2) is 5.96 Å². The third-order valence-corrected chi connectivity index (χ3v) is 4.96. The van der Waals surface area contributed by atoms with Gasteiger partial charge in [0.2, 0.25) is 0 Å². The molecule has 5 nitrogen and oxygen atoms in total. The Kier molecular flexibility index (Phi) is 8.54. The maximum Gasteiger partial charge on any atom is 0.191 e. The molecular formula is C13H28IN5S. The Balaban J connectivity index is 0.00000200. The molecule has 2 aliphatic heterocycles. The van der Waals surface area contributed by atoms with Gasteiger partial charge >= 0.3 is 0 Å². The molecule has 2 aliphatic rings. The van der Waals surface area contributed by atoms with Gasteiger partial charge in [0.05, 0.1) is 6.54 Å². The summed E-state index contributed by atoms with van der Waals surface area (Å²) in [4.78, 5) is 11.7. The highest BCUT2D eigenvalue weighted by molar-refractivity contribution is 14.0. The average Bonchev–Trinajstić information content (AvgIpc) is 2.46. The summed E-state index contributed by atoms with van der Waals surface area (Å²) in [6.45, 7) is 9.78. The summed E-state index contributed by atoms with van der Waals surface area (Å²) in [6.07, 6.45) is 0. The highest BCUT2D eigenvalue weighted by Gasteiger charge is 2.19. The fourth-order valence-corrected chi connectivity index (χ4v) is 3.40. The molecule has 2 saturated heterocycles. The first kappa shape index (κ1) is 18.3. The molecule has 0 bridgehead atoms. The van der Waals surface area contributed by atoms with Crippen LogP contribution in [0.15, 0.2) is 4.99 Å². The molecule has 2 heterocycles. The molecular weight excluding hydrogens is 385 g/mol. The van der Waals surface area contributed by atoms with Gasteiger partial charge in [0.25, 0.3) is 0 Å². The number of halogens is 1. The number of rotatable bonds is 3. The van der Waals surface area contributed by atoms with Crippen molar-refractivity contribution < 1.29 is 0 Å². The van der Waals surface area contributed by atoms with Gasteiger partial charge in [-0.05, 0) is 14.0 Å². The minimum absolute atomic E-state index is 0.